The SMILES string of the molecule is OCC1CCN(CCOC(c2ccccc2)c2ccccc2)CC1. The predicted octanol–water partition coefficient (Wildman–Crippen LogP) is 3.50. The van der Waals surface area contributed by atoms with Crippen molar-refractivity contribution in [3.05, 3.63) is 71.8 Å². The lowest BCUT2D eigenvalue weighted by Gasteiger charge is -2.31. The van der Waals surface area contributed by atoms with Gasteiger partial charge in [-0.05, 0) is 43.0 Å². The molecule has 2 aromatic carbocycles. The minimum Gasteiger partial charge on any atom is -0.396 e. The van der Waals surface area contributed by atoms with Crippen LogP contribution in [0, 0.1) is 5.92 Å². The van der Waals surface area contributed by atoms with Crippen LogP contribution in [0.5, 0.6) is 0 Å². The summed E-state index contributed by atoms with van der Waals surface area (Å²) in [7, 11) is 0. The average molecular weight is 325 g/mol. The third-order valence-corrected chi connectivity index (χ3v) is 4.86. The first-order chi connectivity index (χ1) is 11.9. The van der Waals surface area contributed by atoms with Gasteiger partial charge in [-0.3, -0.25) is 0 Å². The zero-order valence-electron chi connectivity index (χ0n) is 14.2. The van der Waals surface area contributed by atoms with E-state index in [1.54, 1.807) is 0 Å². The van der Waals surface area contributed by atoms with Crippen molar-refractivity contribution in [1.29, 1.82) is 0 Å². The van der Waals surface area contributed by atoms with E-state index < -0.39 is 0 Å². The van der Waals surface area contributed by atoms with Gasteiger partial charge in [0, 0.05) is 13.2 Å². The minimum atomic E-state index is -0.0117. The van der Waals surface area contributed by atoms with E-state index in [0.717, 1.165) is 39.1 Å². The minimum absolute atomic E-state index is 0.0117. The summed E-state index contributed by atoms with van der Waals surface area (Å²) in [4.78, 5) is 2.44. The molecule has 0 spiro atoms. The Hall–Kier alpha value is -1.68. The first kappa shape index (κ1) is 17.2. The molecular formula is C21H27NO2. The highest BCUT2D eigenvalue weighted by Gasteiger charge is 2.19. The third-order valence-electron chi connectivity index (χ3n) is 4.86. The molecule has 3 nitrogen and oxygen atoms in total. The summed E-state index contributed by atoms with van der Waals surface area (Å²) in [5, 5.41) is 9.24. The zero-order chi connectivity index (χ0) is 16.6. The van der Waals surface area contributed by atoms with E-state index in [1.807, 2.05) is 12.1 Å². The molecule has 2 aromatic rings. The molecule has 0 saturated carbocycles. The number of aliphatic hydroxyl groups is 1. The smallest absolute Gasteiger partial charge is 0.108 e. The fourth-order valence-electron chi connectivity index (χ4n) is 3.33. The summed E-state index contributed by atoms with van der Waals surface area (Å²) >= 11 is 0. The number of benzene rings is 2. The van der Waals surface area contributed by atoms with Crippen LogP contribution >= 0.6 is 0 Å². The van der Waals surface area contributed by atoms with Crippen LogP contribution in [0.3, 0.4) is 0 Å². The lowest BCUT2D eigenvalue weighted by Crippen LogP contribution is -2.37. The molecule has 1 N–H and O–H groups in total. The largest absolute Gasteiger partial charge is 0.396 e. The molecule has 0 aliphatic carbocycles. The van der Waals surface area contributed by atoms with Gasteiger partial charge < -0.3 is 14.7 Å². The standard InChI is InChI=1S/C21H27NO2/c23-17-18-11-13-22(14-12-18)15-16-24-21(19-7-3-1-4-8-19)20-9-5-2-6-10-20/h1-10,18,21,23H,11-17H2. The van der Waals surface area contributed by atoms with Crippen molar-refractivity contribution in [2.75, 3.05) is 32.8 Å². The molecule has 0 bridgehead atoms. The van der Waals surface area contributed by atoms with Crippen LogP contribution in [0.15, 0.2) is 60.7 Å². The Morgan fingerprint density at radius 3 is 1.96 bits per heavy atom. The third kappa shape index (κ3) is 4.67. The average Bonchev–Trinajstić information content (AvgIpc) is 2.67. The molecule has 0 atom stereocenters. The molecular weight excluding hydrogens is 298 g/mol. The summed E-state index contributed by atoms with van der Waals surface area (Å²) in [5.74, 6) is 0.489. The van der Waals surface area contributed by atoms with E-state index in [-0.39, 0.29) is 6.10 Å². The van der Waals surface area contributed by atoms with Gasteiger partial charge in [0.1, 0.15) is 6.10 Å². The molecule has 0 radical (unpaired) electrons. The number of piperidine rings is 1. The van der Waals surface area contributed by atoms with Crippen LogP contribution in [0.4, 0.5) is 0 Å². The predicted molar refractivity (Wildman–Crippen MR) is 96.9 cm³/mol. The van der Waals surface area contributed by atoms with E-state index in [1.165, 1.54) is 11.1 Å². The van der Waals surface area contributed by atoms with Gasteiger partial charge >= 0.3 is 0 Å². The van der Waals surface area contributed by atoms with Crippen molar-refractivity contribution < 1.29 is 9.84 Å². The van der Waals surface area contributed by atoms with Gasteiger partial charge in [0.05, 0.1) is 6.61 Å². The highest BCUT2D eigenvalue weighted by Crippen LogP contribution is 2.26. The van der Waals surface area contributed by atoms with Crippen LogP contribution < -0.4 is 0 Å². The van der Waals surface area contributed by atoms with Crippen LogP contribution in [-0.2, 0) is 4.74 Å². The van der Waals surface area contributed by atoms with Gasteiger partial charge in [-0.15, -0.1) is 0 Å². The van der Waals surface area contributed by atoms with E-state index in [9.17, 15) is 5.11 Å². The first-order valence-electron chi connectivity index (χ1n) is 8.91. The second kappa shape index (κ2) is 8.97. The van der Waals surface area contributed by atoms with E-state index >= 15 is 0 Å². The van der Waals surface area contributed by atoms with Gasteiger partial charge in [0.15, 0.2) is 0 Å². The van der Waals surface area contributed by atoms with E-state index in [4.69, 9.17) is 4.74 Å². The Balaban J connectivity index is 1.57. The maximum Gasteiger partial charge on any atom is 0.108 e. The van der Waals surface area contributed by atoms with Gasteiger partial charge in [-0.2, -0.15) is 0 Å². The number of hydrogen-bond acceptors (Lipinski definition) is 3. The summed E-state index contributed by atoms with van der Waals surface area (Å²) in [6.07, 6.45) is 2.18. The summed E-state index contributed by atoms with van der Waals surface area (Å²) in [5.41, 5.74) is 2.39. The fourth-order valence-corrected chi connectivity index (χ4v) is 3.33. The number of aliphatic hydroxyl groups excluding tert-OH is 1. The Bertz CT molecular complexity index is 540. The van der Waals surface area contributed by atoms with Crippen molar-refractivity contribution in [2.45, 2.75) is 18.9 Å². The van der Waals surface area contributed by atoms with Crippen molar-refractivity contribution in [3.63, 3.8) is 0 Å². The molecule has 24 heavy (non-hydrogen) atoms. The number of rotatable bonds is 7. The van der Waals surface area contributed by atoms with Gasteiger partial charge in [0.25, 0.3) is 0 Å². The second-order valence-electron chi connectivity index (χ2n) is 6.54. The Labute approximate surface area is 144 Å². The lowest BCUT2D eigenvalue weighted by atomic mass is 9.98. The molecule has 1 fully saturated rings. The van der Waals surface area contributed by atoms with Crippen LogP contribution in [0.25, 0.3) is 0 Å². The van der Waals surface area contributed by atoms with Crippen LogP contribution in [0.2, 0.25) is 0 Å². The fraction of sp³-hybridized carbons (Fsp3) is 0.429. The highest BCUT2D eigenvalue weighted by molar-refractivity contribution is 5.29. The van der Waals surface area contributed by atoms with Crippen molar-refractivity contribution in [3.8, 4) is 0 Å². The molecule has 128 valence electrons. The van der Waals surface area contributed by atoms with Crippen molar-refractivity contribution in [1.82, 2.24) is 4.90 Å². The van der Waals surface area contributed by atoms with Gasteiger partial charge in [0.2, 0.25) is 0 Å². The maximum atomic E-state index is 9.24. The monoisotopic (exact) mass is 325 g/mol. The maximum absolute atomic E-state index is 9.24. The van der Waals surface area contributed by atoms with Crippen molar-refractivity contribution in [2.24, 2.45) is 5.92 Å². The summed E-state index contributed by atoms with van der Waals surface area (Å²) in [6, 6.07) is 20.8. The van der Waals surface area contributed by atoms with Gasteiger partial charge in [-0.25, -0.2) is 0 Å². The van der Waals surface area contributed by atoms with Gasteiger partial charge in [-0.1, -0.05) is 60.7 Å². The summed E-state index contributed by atoms with van der Waals surface area (Å²) < 4.78 is 6.28. The number of hydrogen-bond donors (Lipinski definition) is 1. The molecule has 1 saturated heterocycles. The van der Waals surface area contributed by atoms with Crippen LogP contribution in [-0.4, -0.2) is 42.9 Å². The molecule has 1 aliphatic heterocycles. The Morgan fingerprint density at radius 2 is 1.46 bits per heavy atom. The van der Waals surface area contributed by atoms with Crippen LogP contribution in [0.1, 0.15) is 30.1 Å². The molecule has 1 aliphatic rings. The molecule has 0 amide bonds. The van der Waals surface area contributed by atoms with Crippen molar-refractivity contribution >= 4 is 0 Å². The highest BCUT2D eigenvalue weighted by atomic mass is 16.5. The summed E-state index contributed by atoms with van der Waals surface area (Å²) in [6.45, 7) is 4.13. The lowest BCUT2D eigenvalue weighted by molar-refractivity contribution is 0.0473. The Kier molecular flexibility index (Phi) is 6.41. The van der Waals surface area contributed by atoms with E-state index in [2.05, 4.69) is 53.4 Å². The Morgan fingerprint density at radius 1 is 0.917 bits per heavy atom. The molecule has 0 aromatic heterocycles. The number of ether oxygens (including phenoxy) is 1. The molecule has 3 heteroatoms. The second-order valence-corrected chi connectivity index (χ2v) is 6.54. The number of nitrogens with zero attached hydrogens (tertiary/aromatic N) is 1. The molecule has 3 rings (SSSR count). The first-order valence-corrected chi connectivity index (χ1v) is 8.91. The van der Waals surface area contributed by atoms with E-state index in [0.29, 0.717) is 12.5 Å². The normalized spacial score (nSPS) is 16.6. The molecule has 1 heterocycles. The zero-order valence-corrected chi connectivity index (χ0v) is 14.2. The quantitative estimate of drug-likeness (QED) is 0.846. The topological polar surface area (TPSA) is 32.7 Å². The number of likely N-dealkylation sites (tertiary alicyclic amines) is 1. The molecule has 0 unspecified atom stereocenters.